The van der Waals surface area contributed by atoms with Gasteiger partial charge in [0.15, 0.2) is 18.1 Å². The zero-order valence-corrected chi connectivity index (χ0v) is 11.0. The number of fused-ring (bicyclic) bond motifs is 1. The molecule has 106 valence electrons. The number of ether oxygens (including phenoxy) is 3. The third-order valence-corrected chi connectivity index (χ3v) is 3.41. The first kappa shape index (κ1) is 12.8. The van der Waals surface area contributed by atoms with Crippen molar-refractivity contribution in [2.45, 2.75) is 13.3 Å². The number of rotatable bonds is 4. The van der Waals surface area contributed by atoms with Crippen molar-refractivity contribution in [2.75, 3.05) is 18.7 Å². The summed E-state index contributed by atoms with van der Waals surface area (Å²) in [7, 11) is 0. The summed E-state index contributed by atoms with van der Waals surface area (Å²) in [6, 6.07) is 5.09. The molecule has 1 amide bonds. The predicted molar refractivity (Wildman–Crippen MR) is 69.4 cm³/mol. The molecular formula is C14H15NO5. The molecule has 0 bridgehead atoms. The van der Waals surface area contributed by atoms with Crippen LogP contribution in [0.25, 0.3) is 0 Å². The molecule has 0 aromatic heterocycles. The van der Waals surface area contributed by atoms with Crippen LogP contribution in [0.1, 0.15) is 13.3 Å². The summed E-state index contributed by atoms with van der Waals surface area (Å²) in [4.78, 5) is 23.2. The average Bonchev–Trinajstić information content (AvgIpc) is 2.98. The predicted octanol–water partition coefficient (Wildman–Crippen LogP) is 1.55. The number of amides is 1. The largest absolute Gasteiger partial charge is 0.455 e. The van der Waals surface area contributed by atoms with Crippen molar-refractivity contribution in [2.24, 2.45) is 11.8 Å². The Morgan fingerprint density at radius 1 is 1.35 bits per heavy atom. The van der Waals surface area contributed by atoms with Gasteiger partial charge >= 0.3 is 5.97 Å². The summed E-state index contributed by atoms with van der Waals surface area (Å²) >= 11 is 0. The summed E-state index contributed by atoms with van der Waals surface area (Å²) < 4.78 is 15.3. The Kier molecular flexibility index (Phi) is 3.22. The van der Waals surface area contributed by atoms with E-state index < -0.39 is 0 Å². The minimum absolute atomic E-state index is 0.0339. The van der Waals surface area contributed by atoms with Gasteiger partial charge in [-0.05, 0) is 24.5 Å². The second-order valence-electron chi connectivity index (χ2n) is 5.04. The van der Waals surface area contributed by atoms with E-state index in [9.17, 15) is 9.59 Å². The molecule has 1 heterocycles. The van der Waals surface area contributed by atoms with E-state index in [0.717, 1.165) is 6.42 Å². The summed E-state index contributed by atoms with van der Waals surface area (Å²) in [6.07, 6.45) is 0.850. The molecule has 2 aliphatic rings. The van der Waals surface area contributed by atoms with Gasteiger partial charge in [0.05, 0.1) is 5.92 Å². The second-order valence-corrected chi connectivity index (χ2v) is 5.04. The van der Waals surface area contributed by atoms with Crippen molar-refractivity contribution < 1.29 is 23.8 Å². The maximum atomic E-state index is 11.7. The molecule has 0 saturated heterocycles. The third kappa shape index (κ3) is 2.68. The van der Waals surface area contributed by atoms with Crippen LogP contribution in [0.2, 0.25) is 0 Å². The summed E-state index contributed by atoms with van der Waals surface area (Å²) in [5.74, 6) is 0.917. The van der Waals surface area contributed by atoms with Gasteiger partial charge in [-0.2, -0.15) is 0 Å². The summed E-state index contributed by atoms with van der Waals surface area (Å²) in [5.41, 5.74) is 0.579. The van der Waals surface area contributed by atoms with Gasteiger partial charge in [-0.3, -0.25) is 9.59 Å². The lowest BCUT2D eigenvalue weighted by molar-refractivity contribution is -0.148. The number of hydrogen-bond donors (Lipinski definition) is 1. The smallest absolute Gasteiger partial charge is 0.309 e. The monoisotopic (exact) mass is 277 g/mol. The van der Waals surface area contributed by atoms with Crippen molar-refractivity contribution >= 4 is 17.6 Å². The maximum Gasteiger partial charge on any atom is 0.309 e. The van der Waals surface area contributed by atoms with E-state index in [1.807, 2.05) is 6.92 Å². The zero-order valence-electron chi connectivity index (χ0n) is 11.0. The van der Waals surface area contributed by atoms with E-state index in [4.69, 9.17) is 14.2 Å². The highest BCUT2D eigenvalue weighted by molar-refractivity contribution is 5.93. The topological polar surface area (TPSA) is 73.9 Å². The molecule has 20 heavy (non-hydrogen) atoms. The molecule has 1 aromatic rings. The van der Waals surface area contributed by atoms with E-state index in [2.05, 4.69) is 5.32 Å². The molecule has 6 nitrogen and oxygen atoms in total. The van der Waals surface area contributed by atoms with Gasteiger partial charge in [-0.25, -0.2) is 0 Å². The molecule has 1 aliphatic carbocycles. The van der Waals surface area contributed by atoms with E-state index >= 15 is 0 Å². The number of esters is 1. The Bertz CT molecular complexity index is 556. The van der Waals surface area contributed by atoms with Crippen LogP contribution in [-0.4, -0.2) is 25.3 Å². The Labute approximate surface area is 116 Å². The number of carbonyl (C=O) groups is 2. The molecule has 1 fully saturated rings. The Morgan fingerprint density at radius 2 is 2.10 bits per heavy atom. The van der Waals surface area contributed by atoms with Gasteiger partial charge in [-0.15, -0.1) is 0 Å². The fourth-order valence-electron chi connectivity index (χ4n) is 2.07. The van der Waals surface area contributed by atoms with Crippen molar-refractivity contribution in [3.63, 3.8) is 0 Å². The molecule has 0 radical (unpaired) electrons. The van der Waals surface area contributed by atoms with Crippen molar-refractivity contribution in [1.82, 2.24) is 0 Å². The molecule has 0 unspecified atom stereocenters. The SMILES string of the molecule is C[C@H]1C[C@@H]1C(=O)OCC(=O)Nc1ccc2c(c1)OCO2. The molecule has 2 atom stereocenters. The van der Waals surface area contributed by atoms with Gasteiger partial charge in [0.2, 0.25) is 6.79 Å². The molecule has 3 rings (SSSR count). The highest BCUT2D eigenvalue weighted by atomic mass is 16.7. The van der Waals surface area contributed by atoms with Crippen molar-refractivity contribution in [3.05, 3.63) is 18.2 Å². The summed E-state index contributed by atoms with van der Waals surface area (Å²) in [6.45, 7) is 1.90. The second kappa shape index (κ2) is 5.03. The van der Waals surface area contributed by atoms with Gasteiger partial charge in [0, 0.05) is 11.8 Å². The Balaban J connectivity index is 1.50. The van der Waals surface area contributed by atoms with Crippen LogP contribution in [0, 0.1) is 11.8 Å². The van der Waals surface area contributed by atoms with Gasteiger partial charge in [0.25, 0.3) is 5.91 Å². The third-order valence-electron chi connectivity index (χ3n) is 3.41. The van der Waals surface area contributed by atoms with Crippen LogP contribution in [0.4, 0.5) is 5.69 Å². The molecule has 1 aromatic carbocycles. The first-order valence-corrected chi connectivity index (χ1v) is 6.49. The highest BCUT2D eigenvalue weighted by Gasteiger charge is 2.40. The molecule has 1 N–H and O–H groups in total. The van der Waals surface area contributed by atoms with Crippen LogP contribution >= 0.6 is 0 Å². The highest BCUT2D eigenvalue weighted by Crippen LogP contribution is 2.38. The average molecular weight is 277 g/mol. The van der Waals surface area contributed by atoms with Gasteiger partial charge in [-0.1, -0.05) is 6.92 Å². The fraction of sp³-hybridized carbons (Fsp3) is 0.429. The van der Waals surface area contributed by atoms with E-state index in [1.54, 1.807) is 18.2 Å². The quantitative estimate of drug-likeness (QED) is 0.845. The van der Waals surface area contributed by atoms with Gasteiger partial charge in [0.1, 0.15) is 0 Å². The maximum absolute atomic E-state index is 11.7. The Morgan fingerprint density at radius 3 is 2.85 bits per heavy atom. The molecule has 1 aliphatic heterocycles. The Hall–Kier alpha value is -2.24. The lowest BCUT2D eigenvalue weighted by atomic mass is 10.3. The van der Waals surface area contributed by atoms with Crippen molar-refractivity contribution in [1.29, 1.82) is 0 Å². The van der Waals surface area contributed by atoms with E-state index in [-0.39, 0.29) is 31.2 Å². The van der Waals surface area contributed by atoms with Crippen LogP contribution in [-0.2, 0) is 14.3 Å². The van der Waals surface area contributed by atoms with Gasteiger partial charge < -0.3 is 19.5 Å². The lowest BCUT2D eigenvalue weighted by Gasteiger charge is -2.07. The van der Waals surface area contributed by atoms with Crippen LogP contribution in [0.3, 0.4) is 0 Å². The minimum Gasteiger partial charge on any atom is -0.455 e. The molecule has 6 heteroatoms. The number of anilines is 1. The molecule has 1 saturated carbocycles. The van der Waals surface area contributed by atoms with E-state index in [0.29, 0.717) is 23.1 Å². The number of hydrogen-bond acceptors (Lipinski definition) is 5. The fourth-order valence-corrected chi connectivity index (χ4v) is 2.07. The van der Waals surface area contributed by atoms with E-state index in [1.165, 1.54) is 0 Å². The number of nitrogens with one attached hydrogen (secondary N) is 1. The molecular weight excluding hydrogens is 262 g/mol. The zero-order chi connectivity index (χ0) is 14.1. The standard InChI is InChI=1S/C14H15NO5/c1-8-4-10(8)14(17)18-6-13(16)15-9-2-3-11-12(5-9)20-7-19-11/h2-3,5,8,10H,4,6-7H2,1H3,(H,15,16)/t8-,10-/m0/s1. The lowest BCUT2D eigenvalue weighted by Crippen LogP contribution is -2.21. The normalized spacial score (nSPS) is 22.2. The van der Waals surface area contributed by atoms with Crippen LogP contribution in [0.5, 0.6) is 11.5 Å². The first-order chi connectivity index (χ1) is 9.63. The number of benzene rings is 1. The van der Waals surface area contributed by atoms with Crippen LogP contribution in [0.15, 0.2) is 18.2 Å². The molecule has 0 spiro atoms. The minimum atomic E-state index is -0.370. The summed E-state index contributed by atoms with van der Waals surface area (Å²) in [5, 5.41) is 2.65. The number of carbonyl (C=O) groups excluding carboxylic acids is 2. The van der Waals surface area contributed by atoms with Crippen LogP contribution < -0.4 is 14.8 Å². The first-order valence-electron chi connectivity index (χ1n) is 6.49. The van der Waals surface area contributed by atoms with Crippen molar-refractivity contribution in [3.8, 4) is 11.5 Å².